The zero-order valence-corrected chi connectivity index (χ0v) is 17.8. The van der Waals surface area contributed by atoms with Crippen LogP contribution in [0.3, 0.4) is 0 Å². The highest BCUT2D eigenvalue weighted by molar-refractivity contribution is 5.95. The maximum atomic E-state index is 14.8. The van der Waals surface area contributed by atoms with Gasteiger partial charge in [-0.2, -0.15) is 0 Å². The number of carbonyl (C=O) groups is 1. The monoisotopic (exact) mass is 410 g/mol. The van der Waals surface area contributed by atoms with Crippen molar-refractivity contribution in [3.8, 4) is 11.3 Å². The number of fused-ring (bicyclic) bond motifs is 1. The predicted molar refractivity (Wildman–Crippen MR) is 114 cm³/mol. The van der Waals surface area contributed by atoms with Gasteiger partial charge >= 0.3 is 0 Å². The third-order valence-electron chi connectivity index (χ3n) is 5.68. The number of aryl methyl sites for hydroxylation is 2. The van der Waals surface area contributed by atoms with Gasteiger partial charge in [0.2, 0.25) is 0 Å². The minimum atomic E-state index is -0.553. The third kappa shape index (κ3) is 3.82. The second kappa shape index (κ2) is 8.16. The average molecular weight is 410 g/mol. The first-order valence-corrected chi connectivity index (χ1v) is 10.2. The van der Waals surface area contributed by atoms with Gasteiger partial charge in [-0.1, -0.05) is 0 Å². The van der Waals surface area contributed by atoms with Crippen molar-refractivity contribution in [2.75, 3.05) is 33.8 Å². The maximum Gasteiger partial charge on any atom is 0.254 e. The van der Waals surface area contributed by atoms with Gasteiger partial charge in [-0.25, -0.2) is 9.37 Å². The van der Waals surface area contributed by atoms with Crippen molar-refractivity contribution in [1.82, 2.24) is 19.6 Å². The van der Waals surface area contributed by atoms with Gasteiger partial charge < -0.3 is 19.4 Å². The zero-order valence-electron chi connectivity index (χ0n) is 17.8. The lowest BCUT2D eigenvalue weighted by atomic mass is 9.98. The summed E-state index contributed by atoms with van der Waals surface area (Å²) in [7, 11) is 3.58. The molecule has 1 atom stereocenters. The number of carbonyl (C=O) groups excluding carboxylic acids is 1. The summed E-state index contributed by atoms with van der Waals surface area (Å²) in [5, 5.41) is 2.49. The van der Waals surface area contributed by atoms with Crippen molar-refractivity contribution in [3.05, 3.63) is 58.7 Å². The van der Waals surface area contributed by atoms with E-state index in [0.29, 0.717) is 18.6 Å². The Kier molecular flexibility index (Phi) is 5.58. The Hall–Kier alpha value is -2.77. The summed E-state index contributed by atoms with van der Waals surface area (Å²) in [6.07, 6.45) is 2.72. The van der Waals surface area contributed by atoms with Crippen molar-refractivity contribution in [2.45, 2.75) is 26.4 Å². The normalized spacial score (nSPS) is 17.4. The van der Waals surface area contributed by atoms with E-state index in [1.807, 2.05) is 32.2 Å². The second-order valence-corrected chi connectivity index (χ2v) is 8.02. The summed E-state index contributed by atoms with van der Waals surface area (Å²) in [6, 6.07) is 7.07. The van der Waals surface area contributed by atoms with Gasteiger partial charge in [-0.3, -0.25) is 4.79 Å². The van der Waals surface area contributed by atoms with Crippen molar-refractivity contribution in [3.63, 3.8) is 0 Å². The minimum absolute atomic E-state index is 0.0390. The first kappa shape index (κ1) is 20.5. The van der Waals surface area contributed by atoms with E-state index < -0.39 is 11.7 Å². The number of nitrogens with one attached hydrogen (secondary N) is 1. The van der Waals surface area contributed by atoms with Crippen LogP contribution in [0, 0.1) is 19.7 Å². The minimum Gasteiger partial charge on any atom is -0.375 e. The number of benzene rings is 1. The molecule has 0 radical (unpaired) electrons. The summed E-state index contributed by atoms with van der Waals surface area (Å²) in [4.78, 5) is 19.1. The summed E-state index contributed by atoms with van der Waals surface area (Å²) in [5.41, 5.74) is 5.19. The first-order valence-electron chi connectivity index (χ1n) is 10.2. The summed E-state index contributed by atoms with van der Waals surface area (Å²) in [5.74, 6) is -0.991. The number of imidazole rings is 1. The van der Waals surface area contributed by atoms with E-state index in [-0.39, 0.29) is 11.7 Å². The van der Waals surface area contributed by atoms with Crippen LogP contribution in [0.25, 0.3) is 16.9 Å². The van der Waals surface area contributed by atoms with Crippen LogP contribution in [0.2, 0.25) is 0 Å². The first-order chi connectivity index (χ1) is 14.4. The lowest BCUT2D eigenvalue weighted by Gasteiger charge is -2.30. The molecule has 4 rings (SSSR count). The fraction of sp³-hybridized carbons (Fsp3) is 0.391. The smallest absolute Gasteiger partial charge is 0.254 e. The molecule has 7 heteroatoms. The fourth-order valence-corrected chi connectivity index (χ4v) is 4.06. The number of amides is 1. The number of hydrogen-bond acceptors (Lipinski definition) is 4. The molecule has 6 nitrogen and oxygen atoms in total. The zero-order chi connectivity index (χ0) is 21.4. The van der Waals surface area contributed by atoms with E-state index >= 15 is 0 Å². The van der Waals surface area contributed by atoms with Gasteiger partial charge in [0.05, 0.1) is 29.7 Å². The van der Waals surface area contributed by atoms with Gasteiger partial charge in [0.15, 0.2) is 0 Å². The maximum absolute atomic E-state index is 14.8. The Morgan fingerprint density at radius 1 is 1.33 bits per heavy atom. The largest absolute Gasteiger partial charge is 0.375 e. The number of hydrogen-bond donors (Lipinski definition) is 1. The second-order valence-electron chi connectivity index (χ2n) is 8.02. The standard InChI is InChI=1S/C23H27FN4O2/c1-14-5-6-28-20(11-16-13-27(4)7-8-30-16)22(26-21(28)9-14)17-12-19(24)18(10-15(17)2)23(29)25-3/h5-6,9-10,12,16H,7-8,11,13H2,1-4H3,(H,25,29)/t16-/m0/s1. The number of ether oxygens (including phenoxy) is 1. The summed E-state index contributed by atoms with van der Waals surface area (Å²) in [6.45, 7) is 6.35. The molecule has 0 aliphatic carbocycles. The molecule has 0 spiro atoms. The van der Waals surface area contributed by atoms with Crippen molar-refractivity contribution >= 4 is 11.6 Å². The van der Waals surface area contributed by atoms with Crippen LogP contribution < -0.4 is 5.32 Å². The highest BCUT2D eigenvalue weighted by Crippen LogP contribution is 2.31. The van der Waals surface area contributed by atoms with Gasteiger partial charge in [0.25, 0.3) is 5.91 Å². The SMILES string of the molecule is CNC(=O)c1cc(C)c(-c2nc3cc(C)ccn3c2C[C@H]2CN(C)CCO2)cc1F. The summed E-state index contributed by atoms with van der Waals surface area (Å²) >= 11 is 0. The van der Waals surface area contributed by atoms with E-state index in [9.17, 15) is 9.18 Å². The predicted octanol–water partition coefficient (Wildman–Crippen LogP) is 2.99. The van der Waals surface area contributed by atoms with Crippen LogP contribution in [0.1, 0.15) is 27.2 Å². The highest BCUT2D eigenvalue weighted by atomic mass is 19.1. The molecule has 2 aromatic heterocycles. The average Bonchev–Trinajstić information content (AvgIpc) is 3.06. The van der Waals surface area contributed by atoms with Crippen molar-refractivity contribution in [2.24, 2.45) is 0 Å². The molecule has 3 aromatic rings. The summed E-state index contributed by atoms with van der Waals surface area (Å²) < 4.78 is 22.8. The fourth-order valence-electron chi connectivity index (χ4n) is 4.06. The third-order valence-corrected chi connectivity index (χ3v) is 5.68. The molecule has 0 unspecified atom stereocenters. The number of pyridine rings is 1. The molecule has 1 N–H and O–H groups in total. The number of likely N-dealkylation sites (N-methyl/N-ethyl adjacent to an activating group) is 1. The molecule has 158 valence electrons. The van der Waals surface area contributed by atoms with Crippen LogP contribution in [-0.2, 0) is 11.2 Å². The Morgan fingerprint density at radius 3 is 2.87 bits per heavy atom. The van der Waals surface area contributed by atoms with E-state index in [1.54, 1.807) is 6.07 Å². The van der Waals surface area contributed by atoms with Crippen LogP contribution in [0.5, 0.6) is 0 Å². The molecule has 0 saturated carbocycles. The van der Waals surface area contributed by atoms with Gasteiger partial charge in [0.1, 0.15) is 11.5 Å². The van der Waals surface area contributed by atoms with Crippen LogP contribution in [-0.4, -0.2) is 60.1 Å². The number of nitrogens with zero attached hydrogens (tertiary/aromatic N) is 3. The van der Waals surface area contributed by atoms with E-state index in [2.05, 4.69) is 21.7 Å². The van der Waals surface area contributed by atoms with E-state index in [4.69, 9.17) is 9.72 Å². The van der Waals surface area contributed by atoms with Gasteiger partial charge in [-0.15, -0.1) is 0 Å². The van der Waals surface area contributed by atoms with Crippen molar-refractivity contribution < 1.29 is 13.9 Å². The Balaban J connectivity index is 1.84. The molecule has 3 heterocycles. The Morgan fingerprint density at radius 2 is 2.13 bits per heavy atom. The Bertz CT molecular complexity index is 1110. The number of rotatable bonds is 4. The quantitative estimate of drug-likeness (QED) is 0.719. The molecule has 30 heavy (non-hydrogen) atoms. The van der Waals surface area contributed by atoms with Crippen LogP contribution in [0.4, 0.5) is 4.39 Å². The van der Waals surface area contributed by atoms with E-state index in [1.165, 1.54) is 13.1 Å². The molecule has 0 bridgehead atoms. The lowest BCUT2D eigenvalue weighted by molar-refractivity contribution is -0.0190. The Labute approximate surface area is 175 Å². The van der Waals surface area contributed by atoms with Crippen LogP contribution >= 0.6 is 0 Å². The molecule has 1 amide bonds. The topological polar surface area (TPSA) is 58.9 Å². The molecular weight excluding hydrogens is 383 g/mol. The molecular formula is C23H27FN4O2. The van der Waals surface area contributed by atoms with Gasteiger partial charge in [0, 0.05) is 38.3 Å². The molecule has 1 aliphatic heterocycles. The highest BCUT2D eigenvalue weighted by Gasteiger charge is 2.24. The molecule has 1 aliphatic rings. The van der Waals surface area contributed by atoms with E-state index in [0.717, 1.165) is 41.3 Å². The number of aromatic nitrogens is 2. The van der Waals surface area contributed by atoms with Crippen LogP contribution in [0.15, 0.2) is 30.5 Å². The molecule has 1 fully saturated rings. The lowest BCUT2D eigenvalue weighted by Crippen LogP contribution is -2.41. The van der Waals surface area contributed by atoms with Gasteiger partial charge in [-0.05, 0) is 56.3 Å². The van der Waals surface area contributed by atoms with Crippen molar-refractivity contribution in [1.29, 1.82) is 0 Å². The number of halogens is 1. The molecule has 1 saturated heterocycles. The molecule has 1 aromatic carbocycles. The number of morpholine rings is 1.